The molecule has 1 aromatic rings. The number of hydrogen-bond donors (Lipinski definition) is 0. The summed E-state index contributed by atoms with van der Waals surface area (Å²) in [7, 11) is 2.55. The molecule has 100 valence electrons. The molecule has 0 bridgehead atoms. The molecule has 0 heterocycles. The van der Waals surface area contributed by atoms with Crippen LogP contribution >= 0.6 is 0 Å². The molecule has 0 radical (unpaired) electrons. The molecule has 1 aromatic carbocycles. The largest absolute Gasteiger partial charge is 0.468 e. The minimum atomic E-state index is -0.903. The van der Waals surface area contributed by atoms with E-state index in [0.717, 1.165) is 11.1 Å². The summed E-state index contributed by atoms with van der Waals surface area (Å²) in [5, 5.41) is 0. The fourth-order valence-corrected chi connectivity index (χ4v) is 2.36. The van der Waals surface area contributed by atoms with Crippen molar-refractivity contribution in [3.8, 4) is 0 Å². The molecule has 2 rings (SSSR count). The van der Waals surface area contributed by atoms with Crippen molar-refractivity contribution < 1.29 is 19.1 Å². The second-order valence-corrected chi connectivity index (χ2v) is 4.45. The molecule has 0 spiro atoms. The van der Waals surface area contributed by atoms with Crippen LogP contribution in [0.15, 0.2) is 30.3 Å². The summed E-state index contributed by atoms with van der Waals surface area (Å²) in [5.41, 5.74) is 2.24. The quantitative estimate of drug-likeness (QED) is 0.614. The topological polar surface area (TPSA) is 52.6 Å². The predicted molar refractivity (Wildman–Crippen MR) is 70.2 cm³/mol. The molecule has 0 saturated carbocycles. The van der Waals surface area contributed by atoms with Gasteiger partial charge in [-0.2, -0.15) is 0 Å². The summed E-state index contributed by atoms with van der Waals surface area (Å²) in [6, 6.07) is 7.91. The Morgan fingerprint density at radius 3 is 2.42 bits per heavy atom. The molecule has 0 saturated heterocycles. The van der Waals surface area contributed by atoms with Gasteiger partial charge in [-0.3, -0.25) is 9.59 Å². The third-order valence-corrected chi connectivity index (χ3v) is 3.37. The average Bonchev–Trinajstić information content (AvgIpc) is 2.46. The van der Waals surface area contributed by atoms with Crippen LogP contribution in [0.5, 0.6) is 0 Å². The van der Waals surface area contributed by atoms with Crippen molar-refractivity contribution in [3.63, 3.8) is 0 Å². The SMILES string of the molecule is COC(=O)C(C(=O)OC)[C@H]1C=Cc2ccccc2C1. The van der Waals surface area contributed by atoms with Crippen molar-refractivity contribution >= 4 is 18.0 Å². The van der Waals surface area contributed by atoms with E-state index in [1.165, 1.54) is 14.2 Å². The predicted octanol–water partition coefficient (Wildman–Crippen LogP) is 1.83. The third-order valence-electron chi connectivity index (χ3n) is 3.37. The molecule has 1 atom stereocenters. The van der Waals surface area contributed by atoms with Crippen LogP contribution in [0.3, 0.4) is 0 Å². The van der Waals surface area contributed by atoms with Gasteiger partial charge in [0.25, 0.3) is 0 Å². The Morgan fingerprint density at radius 2 is 1.79 bits per heavy atom. The second-order valence-electron chi connectivity index (χ2n) is 4.45. The van der Waals surface area contributed by atoms with E-state index in [2.05, 4.69) is 0 Å². The van der Waals surface area contributed by atoms with Gasteiger partial charge in [0.2, 0.25) is 0 Å². The molecule has 1 aliphatic rings. The molecule has 0 fully saturated rings. The minimum Gasteiger partial charge on any atom is -0.468 e. The Labute approximate surface area is 112 Å². The molecule has 0 aromatic heterocycles. The van der Waals surface area contributed by atoms with E-state index in [1.807, 2.05) is 36.4 Å². The summed E-state index contributed by atoms with van der Waals surface area (Å²) in [5.74, 6) is -2.24. The van der Waals surface area contributed by atoms with Gasteiger partial charge in [-0.25, -0.2) is 0 Å². The van der Waals surface area contributed by atoms with Gasteiger partial charge in [0, 0.05) is 5.92 Å². The summed E-state index contributed by atoms with van der Waals surface area (Å²) in [6.07, 6.45) is 4.44. The zero-order valence-electron chi connectivity index (χ0n) is 11.0. The number of fused-ring (bicyclic) bond motifs is 1. The molecular weight excluding hydrogens is 244 g/mol. The van der Waals surface area contributed by atoms with Crippen molar-refractivity contribution in [3.05, 3.63) is 41.5 Å². The monoisotopic (exact) mass is 260 g/mol. The van der Waals surface area contributed by atoms with Gasteiger partial charge in [0.1, 0.15) is 0 Å². The van der Waals surface area contributed by atoms with Crippen molar-refractivity contribution in [2.75, 3.05) is 14.2 Å². The lowest BCUT2D eigenvalue weighted by Crippen LogP contribution is -2.34. The van der Waals surface area contributed by atoms with Crippen molar-refractivity contribution in [2.45, 2.75) is 6.42 Å². The van der Waals surface area contributed by atoms with E-state index in [-0.39, 0.29) is 5.92 Å². The van der Waals surface area contributed by atoms with E-state index in [0.29, 0.717) is 6.42 Å². The highest BCUT2D eigenvalue weighted by atomic mass is 16.5. The lowest BCUT2D eigenvalue weighted by molar-refractivity contribution is -0.160. The zero-order chi connectivity index (χ0) is 13.8. The molecule has 19 heavy (non-hydrogen) atoms. The number of benzene rings is 1. The number of methoxy groups -OCH3 is 2. The third kappa shape index (κ3) is 2.67. The molecule has 1 aliphatic carbocycles. The number of hydrogen-bond acceptors (Lipinski definition) is 4. The maximum absolute atomic E-state index is 11.8. The lowest BCUT2D eigenvalue weighted by atomic mass is 9.81. The summed E-state index contributed by atoms with van der Waals surface area (Å²) >= 11 is 0. The van der Waals surface area contributed by atoms with Crippen molar-refractivity contribution in [2.24, 2.45) is 11.8 Å². The van der Waals surface area contributed by atoms with Gasteiger partial charge in [-0.05, 0) is 17.5 Å². The number of rotatable bonds is 3. The van der Waals surface area contributed by atoms with Crippen LogP contribution in [0.25, 0.3) is 6.08 Å². The number of carbonyl (C=O) groups is 2. The van der Waals surface area contributed by atoms with E-state index in [1.54, 1.807) is 0 Å². The normalized spacial score (nSPS) is 16.9. The van der Waals surface area contributed by atoms with Crippen LogP contribution in [-0.2, 0) is 25.5 Å². The number of allylic oxidation sites excluding steroid dienone is 1. The fourth-order valence-electron chi connectivity index (χ4n) is 2.36. The smallest absolute Gasteiger partial charge is 0.320 e. The Morgan fingerprint density at radius 1 is 1.16 bits per heavy atom. The highest BCUT2D eigenvalue weighted by molar-refractivity contribution is 5.95. The molecular formula is C15H16O4. The summed E-state index contributed by atoms with van der Waals surface area (Å²) in [6.45, 7) is 0. The van der Waals surface area contributed by atoms with Crippen LogP contribution in [0, 0.1) is 11.8 Å². The van der Waals surface area contributed by atoms with E-state index in [9.17, 15) is 9.59 Å². The number of carbonyl (C=O) groups excluding carboxylic acids is 2. The minimum absolute atomic E-state index is 0.227. The molecule has 0 N–H and O–H groups in total. The van der Waals surface area contributed by atoms with Crippen LogP contribution in [0.2, 0.25) is 0 Å². The average molecular weight is 260 g/mol. The van der Waals surface area contributed by atoms with E-state index in [4.69, 9.17) is 9.47 Å². The van der Waals surface area contributed by atoms with Crippen LogP contribution in [0.1, 0.15) is 11.1 Å². The van der Waals surface area contributed by atoms with E-state index < -0.39 is 17.9 Å². The number of ether oxygens (including phenoxy) is 2. The zero-order valence-corrected chi connectivity index (χ0v) is 11.0. The molecule has 4 nitrogen and oxygen atoms in total. The van der Waals surface area contributed by atoms with Gasteiger partial charge in [0.05, 0.1) is 14.2 Å². The highest BCUT2D eigenvalue weighted by Gasteiger charge is 2.36. The molecule has 0 unspecified atom stereocenters. The molecule has 4 heteroatoms. The van der Waals surface area contributed by atoms with E-state index >= 15 is 0 Å². The standard InChI is InChI=1S/C15H16O4/c1-18-14(16)13(15(17)19-2)12-8-7-10-5-3-4-6-11(10)9-12/h3-8,12-13H,9H2,1-2H3/t12-/m0/s1. The first-order chi connectivity index (χ1) is 9.17. The first-order valence-electron chi connectivity index (χ1n) is 6.09. The van der Waals surface area contributed by atoms with Gasteiger partial charge in [-0.15, -0.1) is 0 Å². The number of esters is 2. The van der Waals surface area contributed by atoms with Gasteiger partial charge >= 0.3 is 11.9 Å². The fraction of sp³-hybridized carbons (Fsp3) is 0.333. The van der Waals surface area contributed by atoms with Gasteiger partial charge < -0.3 is 9.47 Å². The van der Waals surface area contributed by atoms with Crippen LogP contribution in [0.4, 0.5) is 0 Å². The lowest BCUT2D eigenvalue weighted by Gasteiger charge is -2.24. The van der Waals surface area contributed by atoms with Crippen molar-refractivity contribution in [1.82, 2.24) is 0 Å². The van der Waals surface area contributed by atoms with Crippen LogP contribution in [-0.4, -0.2) is 26.2 Å². The summed E-state index contributed by atoms with van der Waals surface area (Å²) < 4.78 is 9.41. The first kappa shape index (κ1) is 13.3. The maximum Gasteiger partial charge on any atom is 0.320 e. The first-order valence-corrected chi connectivity index (χ1v) is 6.09. The Balaban J connectivity index is 2.27. The highest BCUT2D eigenvalue weighted by Crippen LogP contribution is 2.29. The van der Waals surface area contributed by atoms with Crippen LogP contribution < -0.4 is 0 Å². The molecule has 0 amide bonds. The van der Waals surface area contributed by atoms with Crippen molar-refractivity contribution in [1.29, 1.82) is 0 Å². The summed E-state index contributed by atoms with van der Waals surface area (Å²) in [4.78, 5) is 23.5. The second kappa shape index (κ2) is 5.69. The molecule has 0 aliphatic heterocycles. The maximum atomic E-state index is 11.8. The van der Waals surface area contributed by atoms with Gasteiger partial charge in [0.15, 0.2) is 5.92 Å². The Hall–Kier alpha value is -2.10. The Bertz CT molecular complexity index is 503. The Kier molecular flexibility index (Phi) is 4.00. The van der Waals surface area contributed by atoms with Gasteiger partial charge in [-0.1, -0.05) is 36.4 Å².